The minimum Gasteiger partial charge on any atom is -0.481 e. The molecular weight excluding hydrogens is 254 g/mol. The number of hydrogen-bond acceptors (Lipinski definition) is 6. The highest BCUT2D eigenvalue weighted by Gasteiger charge is 2.29. The molecule has 1 aliphatic rings. The molecule has 0 radical (unpaired) electrons. The van der Waals surface area contributed by atoms with Crippen LogP contribution in [0.4, 0.5) is 5.82 Å². The van der Waals surface area contributed by atoms with Crippen molar-refractivity contribution in [3.63, 3.8) is 0 Å². The third kappa shape index (κ3) is 3.19. The third-order valence-corrected chi connectivity index (χ3v) is 3.97. The third-order valence-electron chi connectivity index (χ3n) is 3.97. The molecule has 20 heavy (non-hydrogen) atoms. The quantitative estimate of drug-likeness (QED) is 0.873. The number of rotatable bonds is 4. The van der Waals surface area contributed by atoms with Gasteiger partial charge in [0.2, 0.25) is 5.88 Å². The van der Waals surface area contributed by atoms with Crippen LogP contribution in [0, 0.1) is 6.92 Å². The molecule has 2 rings (SSSR count). The molecule has 0 unspecified atom stereocenters. The average molecular weight is 279 g/mol. The average Bonchev–Trinajstić information content (AvgIpc) is 2.46. The first-order valence-electron chi connectivity index (χ1n) is 7.06. The predicted molar refractivity (Wildman–Crippen MR) is 80.2 cm³/mol. The van der Waals surface area contributed by atoms with E-state index in [4.69, 9.17) is 10.5 Å². The summed E-state index contributed by atoms with van der Waals surface area (Å²) >= 11 is 0. The first kappa shape index (κ1) is 15.0. The topological polar surface area (TPSA) is 67.5 Å². The summed E-state index contributed by atoms with van der Waals surface area (Å²) < 4.78 is 5.21. The van der Waals surface area contributed by atoms with Crippen molar-refractivity contribution >= 4 is 5.82 Å². The molecule has 1 aromatic rings. The Morgan fingerprint density at radius 3 is 2.45 bits per heavy atom. The Morgan fingerprint density at radius 2 is 1.90 bits per heavy atom. The second kappa shape index (κ2) is 5.93. The lowest BCUT2D eigenvalue weighted by molar-refractivity contribution is 0.119. The smallest absolute Gasteiger partial charge is 0.218 e. The van der Waals surface area contributed by atoms with Crippen LogP contribution in [-0.4, -0.2) is 60.2 Å². The van der Waals surface area contributed by atoms with Gasteiger partial charge in [0.15, 0.2) is 0 Å². The predicted octanol–water partition coefficient (Wildman–Crippen LogP) is 0.653. The van der Waals surface area contributed by atoms with Gasteiger partial charge >= 0.3 is 0 Å². The van der Waals surface area contributed by atoms with Gasteiger partial charge in [0.25, 0.3) is 0 Å². The lowest BCUT2D eigenvalue weighted by atomic mass is 10.0. The van der Waals surface area contributed by atoms with Crippen molar-refractivity contribution in [2.75, 3.05) is 44.7 Å². The zero-order valence-corrected chi connectivity index (χ0v) is 12.9. The fourth-order valence-electron chi connectivity index (χ4n) is 2.46. The fraction of sp³-hybridized carbons (Fsp3) is 0.714. The van der Waals surface area contributed by atoms with Crippen LogP contribution in [0.1, 0.15) is 19.7 Å². The number of aromatic nitrogens is 2. The summed E-state index contributed by atoms with van der Waals surface area (Å²) in [5.74, 6) is 2.31. The number of methoxy groups -OCH3 is 1. The number of aryl methyl sites for hydroxylation is 1. The van der Waals surface area contributed by atoms with Crippen LogP contribution in [0.25, 0.3) is 0 Å². The highest BCUT2D eigenvalue weighted by atomic mass is 16.5. The van der Waals surface area contributed by atoms with Crippen LogP contribution in [-0.2, 0) is 0 Å². The minimum atomic E-state index is 0.0609. The van der Waals surface area contributed by atoms with E-state index in [0.717, 1.165) is 37.8 Å². The van der Waals surface area contributed by atoms with Crippen molar-refractivity contribution in [2.45, 2.75) is 26.3 Å². The van der Waals surface area contributed by atoms with Crippen LogP contribution in [0.2, 0.25) is 0 Å². The van der Waals surface area contributed by atoms with E-state index in [1.807, 2.05) is 13.0 Å². The Balaban J connectivity index is 2.05. The molecule has 6 heteroatoms. The van der Waals surface area contributed by atoms with Crippen LogP contribution in [0.15, 0.2) is 6.07 Å². The van der Waals surface area contributed by atoms with Gasteiger partial charge < -0.3 is 15.4 Å². The van der Waals surface area contributed by atoms with E-state index in [-0.39, 0.29) is 5.54 Å². The SMILES string of the molecule is COc1cc(N2CCN(C(C)(C)CN)CC2)nc(C)n1. The molecule has 0 atom stereocenters. The van der Waals surface area contributed by atoms with E-state index in [9.17, 15) is 0 Å². The van der Waals surface area contributed by atoms with Crippen molar-refractivity contribution in [1.82, 2.24) is 14.9 Å². The number of piperazine rings is 1. The maximum Gasteiger partial charge on any atom is 0.218 e. The lowest BCUT2D eigenvalue weighted by Crippen LogP contribution is -2.57. The summed E-state index contributed by atoms with van der Waals surface area (Å²) in [7, 11) is 1.63. The molecule has 0 amide bonds. The molecule has 1 aromatic heterocycles. The minimum absolute atomic E-state index is 0.0609. The second-order valence-corrected chi connectivity index (χ2v) is 5.81. The van der Waals surface area contributed by atoms with Gasteiger partial charge in [-0.2, -0.15) is 4.98 Å². The number of anilines is 1. The first-order valence-corrected chi connectivity index (χ1v) is 7.06. The molecule has 0 aliphatic carbocycles. The number of nitrogens with zero attached hydrogens (tertiary/aromatic N) is 4. The summed E-state index contributed by atoms with van der Waals surface area (Å²) in [6, 6.07) is 1.90. The lowest BCUT2D eigenvalue weighted by Gasteiger charge is -2.43. The van der Waals surface area contributed by atoms with Crippen LogP contribution in [0.3, 0.4) is 0 Å². The molecular formula is C14H25N5O. The Morgan fingerprint density at radius 1 is 1.25 bits per heavy atom. The fourth-order valence-corrected chi connectivity index (χ4v) is 2.46. The summed E-state index contributed by atoms with van der Waals surface area (Å²) in [6.07, 6.45) is 0. The molecule has 0 bridgehead atoms. The largest absolute Gasteiger partial charge is 0.481 e. The van der Waals surface area contributed by atoms with Crippen LogP contribution >= 0.6 is 0 Å². The first-order chi connectivity index (χ1) is 9.46. The maximum absolute atomic E-state index is 5.85. The molecule has 1 saturated heterocycles. The summed E-state index contributed by atoms with van der Waals surface area (Å²) in [5.41, 5.74) is 5.91. The van der Waals surface area contributed by atoms with Gasteiger partial charge in [-0.25, -0.2) is 4.98 Å². The van der Waals surface area contributed by atoms with Gasteiger partial charge in [-0.05, 0) is 20.8 Å². The molecule has 0 spiro atoms. The van der Waals surface area contributed by atoms with Gasteiger partial charge in [0.1, 0.15) is 11.6 Å². The summed E-state index contributed by atoms with van der Waals surface area (Å²) in [5, 5.41) is 0. The van der Waals surface area contributed by atoms with Gasteiger partial charge in [-0.1, -0.05) is 0 Å². The van der Waals surface area contributed by atoms with E-state index in [2.05, 4.69) is 33.6 Å². The maximum atomic E-state index is 5.85. The van der Waals surface area contributed by atoms with Gasteiger partial charge in [-0.3, -0.25) is 4.90 Å². The van der Waals surface area contributed by atoms with Crippen molar-refractivity contribution in [3.8, 4) is 5.88 Å². The molecule has 1 aliphatic heterocycles. The van der Waals surface area contributed by atoms with E-state index < -0.39 is 0 Å². The highest BCUT2D eigenvalue weighted by molar-refractivity contribution is 5.42. The number of ether oxygens (including phenoxy) is 1. The highest BCUT2D eigenvalue weighted by Crippen LogP contribution is 2.21. The molecule has 0 aromatic carbocycles. The Labute approximate surface area is 120 Å². The van der Waals surface area contributed by atoms with E-state index >= 15 is 0 Å². The van der Waals surface area contributed by atoms with Gasteiger partial charge in [-0.15, -0.1) is 0 Å². The normalized spacial score (nSPS) is 17.4. The second-order valence-electron chi connectivity index (χ2n) is 5.81. The monoisotopic (exact) mass is 279 g/mol. The summed E-state index contributed by atoms with van der Waals surface area (Å²) in [6.45, 7) is 10.8. The Bertz CT molecular complexity index is 455. The molecule has 6 nitrogen and oxygen atoms in total. The van der Waals surface area contributed by atoms with Gasteiger partial charge in [0, 0.05) is 44.3 Å². The van der Waals surface area contributed by atoms with Gasteiger partial charge in [0.05, 0.1) is 7.11 Å². The van der Waals surface area contributed by atoms with Crippen molar-refractivity contribution < 1.29 is 4.74 Å². The van der Waals surface area contributed by atoms with E-state index in [1.54, 1.807) is 7.11 Å². The molecule has 112 valence electrons. The molecule has 0 saturated carbocycles. The van der Waals surface area contributed by atoms with Crippen molar-refractivity contribution in [2.24, 2.45) is 5.73 Å². The van der Waals surface area contributed by atoms with Crippen LogP contribution in [0.5, 0.6) is 5.88 Å². The molecule has 2 N–H and O–H groups in total. The standard InChI is InChI=1S/C14H25N5O/c1-11-16-12(9-13(17-11)20-4)18-5-7-19(8-6-18)14(2,3)10-15/h9H,5-8,10,15H2,1-4H3. The van der Waals surface area contributed by atoms with Crippen molar-refractivity contribution in [1.29, 1.82) is 0 Å². The van der Waals surface area contributed by atoms with Crippen LogP contribution < -0.4 is 15.4 Å². The zero-order chi connectivity index (χ0) is 14.8. The summed E-state index contributed by atoms with van der Waals surface area (Å²) in [4.78, 5) is 13.4. The number of nitrogens with two attached hydrogens (primary N) is 1. The number of hydrogen-bond donors (Lipinski definition) is 1. The molecule has 1 fully saturated rings. The Hall–Kier alpha value is -1.40. The zero-order valence-electron chi connectivity index (χ0n) is 12.9. The Kier molecular flexibility index (Phi) is 4.45. The van der Waals surface area contributed by atoms with Crippen molar-refractivity contribution in [3.05, 3.63) is 11.9 Å². The molecule has 2 heterocycles. The van der Waals surface area contributed by atoms with E-state index in [0.29, 0.717) is 12.4 Å². The van der Waals surface area contributed by atoms with E-state index in [1.165, 1.54) is 0 Å².